The summed E-state index contributed by atoms with van der Waals surface area (Å²) in [5.41, 5.74) is 1.02. The van der Waals surface area contributed by atoms with Gasteiger partial charge in [-0.3, -0.25) is 4.79 Å². The predicted octanol–water partition coefficient (Wildman–Crippen LogP) is 0.855. The van der Waals surface area contributed by atoms with Crippen molar-refractivity contribution in [3.05, 3.63) is 29.8 Å². The van der Waals surface area contributed by atoms with Gasteiger partial charge in [-0.05, 0) is 0 Å². The molecule has 14 heavy (non-hydrogen) atoms. The van der Waals surface area contributed by atoms with Gasteiger partial charge in [0.05, 0.1) is 13.7 Å². The smallest absolute Gasteiger partial charge is 0.319 e. The largest absolute Gasteiger partial charge is 0.779 e. The first-order chi connectivity index (χ1) is 6.74. The van der Waals surface area contributed by atoms with E-state index in [-0.39, 0.29) is 12.5 Å². The highest BCUT2D eigenvalue weighted by Crippen LogP contribution is 2.06. The molecule has 0 aliphatic heterocycles. The van der Waals surface area contributed by atoms with Gasteiger partial charge in [0, 0.05) is 6.54 Å². The molecule has 0 aliphatic rings. The van der Waals surface area contributed by atoms with E-state index < -0.39 is 0 Å². The molecule has 0 saturated carbocycles. The molecule has 0 saturated heterocycles. The summed E-state index contributed by atoms with van der Waals surface area (Å²) in [6.45, 7) is 0.801. The number of ether oxygens (including phenoxy) is 1. The van der Waals surface area contributed by atoms with E-state index in [2.05, 4.69) is 10.1 Å². The average molecular weight is 210 g/mol. The van der Waals surface area contributed by atoms with Crippen LogP contribution >= 0.6 is 0 Å². The van der Waals surface area contributed by atoms with E-state index in [0.717, 1.165) is 10.5 Å². The van der Waals surface area contributed by atoms with Gasteiger partial charge in [0.2, 0.25) is 0 Å². The summed E-state index contributed by atoms with van der Waals surface area (Å²) in [6.07, 6.45) is 0. The molecule has 76 valence electrons. The van der Waals surface area contributed by atoms with Gasteiger partial charge in [0.25, 0.3) is 0 Å². The minimum Gasteiger partial charge on any atom is -0.779 e. The number of nitrogens with one attached hydrogen (secondary N) is 1. The lowest BCUT2D eigenvalue weighted by atomic mass is 10.2. The number of hydrogen-bond donors (Lipinski definition) is 1. The zero-order valence-electron chi connectivity index (χ0n) is 7.95. The Morgan fingerprint density at radius 2 is 2.21 bits per heavy atom. The lowest BCUT2D eigenvalue weighted by Crippen LogP contribution is -2.23. The van der Waals surface area contributed by atoms with Crippen LogP contribution in [0.1, 0.15) is 5.56 Å². The van der Waals surface area contributed by atoms with E-state index >= 15 is 0 Å². The summed E-state index contributed by atoms with van der Waals surface area (Å²) in [5.74, 6) is -0.271. The minimum absolute atomic E-state index is 0.208. The number of carbonyl (C=O) groups is 1. The van der Waals surface area contributed by atoms with Gasteiger partial charge in [0.15, 0.2) is 0 Å². The standard InChI is InChI=1S/C10H13NO2S/c1-13-10(12)7-11-6-8-4-2-3-5-9(8)14/h2-5,11,14H,6-7H2,1H3/p-1. The third-order valence-electron chi connectivity index (χ3n) is 1.79. The fourth-order valence-corrected chi connectivity index (χ4v) is 1.24. The number of benzene rings is 1. The Hall–Kier alpha value is -1.13. The maximum Gasteiger partial charge on any atom is 0.319 e. The van der Waals surface area contributed by atoms with E-state index in [9.17, 15) is 4.79 Å². The molecular formula is C10H12NO2S-. The molecule has 0 aliphatic carbocycles. The van der Waals surface area contributed by atoms with Crippen LogP contribution < -0.4 is 5.32 Å². The zero-order valence-corrected chi connectivity index (χ0v) is 8.76. The summed E-state index contributed by atoms with van der Waals surface area (Å²) < 4.78 is 4.49. The quantitative estimate of drug-likeness (QED) is 0.591. The van der Waals surface area contributed by atoms with Gasteiger partial charge in [-0.15, -0.1) is 0 Å². The van der Waals surface area contributed by atoms with Crippen LogP contribution in [0.4, 0.5) is 0 Å². The van der Waals surface area contributed by atoms with Gasteiger partial charge in [0.1, 0.15) is 0 Å². The second-order valence-corrected chi connectivity index (χ2v) is 3.23. The van der Waals surface area contributed by atoms with E-state index in [1.807, 2.05) is 24.3 Å². The summed E-state index contributed by atoms with van der Waals surface area (Å²) in [7, 11) is 1.37. The van der Waals surface area contributed by atoms with Crippen LogP contribution in [0.2, 0.25) is 0 Å². The van der Waals surface area contributed by atoms with Crippen molar-refractivity contribution in [3.8, 4) is 0 Å². The van der Waals surface area contributed by atoms with Crippen molar-refractivity contribution in [2.75, 3.05) is 13.7 Å². The van der Waals surface area contributed by atoms with E-state index in [1.165, 1.54) is 7.11 Å². The Morgan fingerprint density at radius 1 is 1.50 bits per heavy atom. The molecule has 1 aromatic carbocycles. The topological polar surface area (TPSA) is 38.3 Å². The Labute approximate surface area is 88.9 Å². The van der Waals surface area contributed by atoms with Crippen molar-refractivity contribution in [3.63, 3.8) is 0 Å². The maximum atomic E-state index is 10.8. The van der Waals surface area contributed by atoms with Crippen molar-refractivity contribution in [1.82, 2.24) is 5.32 Å². The van der Waals surface area contributed by atoms with Crippen LogP contribution in [0.5, 0.6) is 0 Å². The van der Waals surface area contributed by atoms with Crippen molar-refractivity contribution in [1.29, 1.82) is 0 Å². The van der Waals surface area contributed by atoms with Crippen LogP contribution in [0.25, 0.3) is 0 Å². The van der Waals surface area contributed by atoms with Gasteiger partial charge in [-0.1, -0.05) is 29.8 Å². The molecule has 0 amide bonds. The Morgan fingerprint density at radius 3 is 2.86 bits per heavy atom. The SMILES string of the molecule is COC(=O)CNCc1ccccc1[S-]. The molecule has 1 N–H and O–H groups in total. The summed E-state index contributed by atoms with van der Waals surface area (Å²) in [6, 6.07) is 7.62. The second-order valence-electron chi connectivity index (χ2n) is 2.79. The van der Waals surface area contributed by atoms with Crippen molar-refractivity contribution < 1.29 is 9.53 Å². The third kappa shape index (κ3) is 3.32. The number of rotatable bonds is 4. The van der Waals surface area contributed by atoms with Crippen molar-refractivity contribution in [2.24, 2.45) is 0 Å². The van der Waals surface area contributed by atoms with Gasteiger partial charge < -0.3 is 22.7 Å². The van der Waals surface area contributed by atoms with E-state index in [4.69, 9.17) is 12.6 Å². The summed E-state index contributed by atoms with van der Waals surface area (Å²) in [4.78, 5) is 11.6. The van der Waals surface area contributed by atoms with E-state index in [1.54, 1.807) is 0 Å². The first kappa shape index (κ1) is 10.9. The molecule has 0 spiro atoms. The van der Waals surface area contributed by atoms with Gasteiger partial charge in [-0.2, -0.15) is 4.90 Å². The molecule has 3 nitrogen and oxygen atoms in total. The molecule has 0 atom stereocenters. The van der Waals surface area contributed by atoms with Gasteiger partial charge in [-0.25, -0.2) is 0 Å². The lowest BCUT2D eigenvalue weighted by molar-refractivity contribution is -0.139. The molecule has 0 unspecified atom stereocenters. The van der Waals surface area contributed by atoms with Crippen LogP contribution in [0.15, 0.2) is 29.2 Å². The Kier molecular flexibility index (Phi) is 4.35. The Bertz CT molecular complexity index is 315. The fraction of sp³-hybridized carbons (Fsp3) is 0.300. The summed E-state index contributed by atoms with van der Waals surface area (Å²) >= 11 is 5.10. The predicted molar refractivity (Wildman–Crippen MR) is 55.8 cm³/mol. The maximum absolute atomic E-state index is 10.8. The minimum atomic E-state index is -0.271. The molecule has 1 aromatic rings. The molecule has 0 heterocycles. The number of methoxy groups -OCH3 is 1. The monoisotopic (exact) mass is 210 g/mol. The number of carbonyl (C=O) groups excluding carboxylic acids is 1. The molecule has 4 heteroatoms. The van der Waals surface area contributed by atoms with Crippen molar-refractivity contribution >= 4 is 18.6 Å². The highest BCUT2D eigenvalue weighted by Gasteiger charge is 1.98. The van der Waals surface area contributed by atoms with Crippen LogP contribution in [0.3, 0.4) is 0 Å². The highest BCUT2D eigenvalue weighted by molar-refractivity contribution is 7.58. The highest BCUT2D eigenvalue weighted by atomic mass is 32.1. The molecule has 0 fully saturated rings. The lowest BCUT2D eigenvalue weighted by Gasteiger charge is -2.13. The van der Waals surface area contributed by atoms with Crippen LogP contribution in [-0.2, 0) is 28.7 Å². The number of hydrogen-bond acceptors (Lipinski definition) is 4. The third-order valence-corrected chi connectivity index (χ3v) is 2.18. The number of esters is 1. The van der Waals surface area contributed by atoms with Gasteiger partial charge >= 0.3 is 5.97 Å². The Balaban J connectivity index is 2.39. The van der Waals surface area contributed by atoms with Crippen molar-refractivity contribution in [2.45, 2.75) is 11.4 Å². The second kappa shape index (κ2) is 5.57. The molecule has 1 rings (SSSR count). The average Bonchev–Trinajstić information content (AvgIpc) is 2.20. The first-order valence-corrected chi connectivity index (χ1v) is 4.67. The molecular weight excluding hydrogens is 198 g/mol. The van der Waals surface area contributed by atoms with Crippen LogP contribution in [0, 0.1) is 0 Å². The van der Waals surface area contributed by atoms with E-state index in [0.29, 0.717) is 6.54 Å². The molecule has 0 aromatic heterocycles. The zero-order chi connectivity index (χ0) is 10.4. The normalized spacial score (nSPS) is 9.79. The first-order valence-electron chi connectivity index (χ1n) is 4.26. The fourth-order valence-electron chi connectivity index (χ4n) is 1.02. The summed E-state index contributed by atoms with van der Waals surface area (Å²) in [5, 5.41) is 2.95. The van der Waals surface area contributed by atoms with Crippen LogP contribution in [-0.4, -0.2) is 19.6 Å². The molecule has 0 radical (unpaired) electrons. The molecule has 0 bridgehead atoms.